The summed E-state index contributed by atoms with van der Waals surface area (Å²) in [5.74, 6) is 0.773. The summed E-state index contributed by atoms with van der Waals surface area (Å²) in [6.45, 7) is 0. The second-order valence-corrected chi connectivity index (χ2v) is 5.64. The molecule has 1 aliphatic rings. The van der Waals surface area contributed by atoms with Crippen molar-refractivity contribution >= 4 is 28.4 Å². The number of nitrogens with zero attached hydrogens (tertiary/aromatic N) is 1. The van der Waals surface area contributed by atoms with Gasteiger partial charge in [0.1, 0.15) is 0 Å². The number of anilines is 3. The van der Waals surface area contributed by atoms with Crippen molar-refractivity contribution in [2.45, 2.75) is 25.7 Å². The monoisotopic (exact) mass is 278 g/mol. The van der Waals surface area contributed by atoms with E-state index in [0.717, 1.165) is 29.1 Å². The van der Waals surface area contributed by atoms with E-state index in [-0.39, 0.29) is 0 Å². The maximum absolute atomic E-state index is 5.81. The van der Waals surface area contributed by atoms with Gasteiger partial charge in [-0.2, -0.15) is 0 Å². The van der Waals surface area contributed by atoms with E-state index in [1.54, 1.807) is 0 Å². The zero-order chi connectivity index (χ0) is 14.2. The summed E-state index contributed by atoms with van der Waals surface area (Å²) in [4.78, 5) is 7.87. The first-order valence-electron chi connectivity index (χ1n) is 7.43. The quantitative estimate of drug-likeness (QED) is 0.625. The normalized spacial score (nSPS) is 14.1. The van der Waals surface area contributed by atoms with Crippen LogP contribution < -0.4 is 11.1 Å². The molecule has 0 fully saturated rings. The Morgan fingerprint density at radius 2 is 2.00 bits per heavy atom. The average Bonchev–Trinajstić information content (AvgIpc) is 2.89. The van der Waals surface area contributed by atoms with Gasteiger partial charge in [0.25, 0.3) is 0 Å². The zero-order valence-electron chi connectivity index (χ0n) is 11.8. The fraction of sp³-hybridized carbons (Fsp3) is 0.235. The van der Waals surface area contributed by atoms with Gasteiger partial charge in [0.2, 0.25) is 5.95 Å². The number of hydrogen-bond donors (Lipinski definition) is 3. The van der Waals surface area contributed by atoms with E-state index in [1.807, 2.05) is 18.2 Å². The summed E-state index contributed by atoms with van der Waals surface area (Å²) in [5.41, 5.74) is 12.5. The summed E-state index contributed by atoms with van der Waals surface area (Å²) >= 11 is 0. The summed E-state index contributed by atoms with van der Waals surface area (Å²) in [5, 5.41) is 3.43. The van der Waals surface area contributed by atoms with E-state index in [1.165, 1.54) is 36.1 Å². The zero-order valence-corrected chi connectivity index (χ0v) is 11.8. The molecule has 0 saturated carbocycles. The van der Waals surface area contributed by atoms with Gasteiger partial charge in [0.15, 0.2) is 0 Å². The average molecular weight is 278 g/mol. The molecule has 3 aromatic rings. The summed E-state index contributed by atoms with van der Waals surface area (Å²) in [7, 11) is 0. The summed E-state index contributed by atoms with van der Waals surface area (Å²) in [6.07, 6.45) is 4.88. The molecule has 4 heteroatoms. The van der Waals surface area contributed by atoms with Crippen molar-refractivity contribution in [2.75, 3.05) is 11.1 Å². The number of aryl methyl sites for hydroxylation is 1. The lowest BCUT2D eigenvalue weighted by atomic mass is 9.90. The van der Waals surface area contributed by atoms with Crippen LogP contribution in [0.25, 0.3) is 11.0 Å². The topological polar surface area (TPSA) is 66.7 Å². The Kier molecular flexibility index (Phi) is 2.81. The molecule has 0 spiro atoms. The molecular formula is C17H18N4. The third kappa shape index (κ3) is 2.23. The summed E-state index contributed by atoms with van der Waals surface area (Å²) < 4.78 is 0. The molecule has 21 heavy (non-hydrogen) atoms. The van der Waals surface area contributed by atoms with Crippen LogP contribution in [0.15, 0.2) is 36.4 Å². The van der Waals surface area contributed by atoms with Gasteiger partial charge in [-0.1, -0.05) is 12.1 Å². The Labute approximate surface area is 123 Å². The first-order chi connectivity index (χ1) is 10.3. The predicted molar refractivity (Wildman–Crippen MR) is 86.9 cm³/mol. The molecule has 0 atom stereocenters. The highest BCUT2D eigenvalue weighted by Crippen LogP contribution is 2.30. The van der Waals surface area contributed by atoms with Gasteiger partial charge in [-0.15, -0.1) is 0 Å². The van der Waals surface area contributed by atoms with E-state index in [0.29, 0.717) is 0 Å². The lowest BCUT2D eigenvalue weighted by molar-refractivity contribution is 0.687. The lowest BCUT2D eigenvalue weighted by Crippen LogP contribution is -2.06. The number of nitrogens with two attached hydrogens (primary N) is 1. The molecule has 4 nitrogen and oxygen atoms in total. The highest BCUT2D eigenvalue weighted by Gasteiger charge is 2.13. The van der Waals surface area contributed by atoms with Crippen LogP contribution >= 0.6 is 0 Å². The van der Waals surface area contributed by atoms with Crippen molar-refractivity contribution in [3.63, 3.8) is 0 Å². The molecule has 1 aromatic heterocycles. The number of rotatable bonds is 2. The molecule has 0 amide bonds. The van der Waals surface area contributed by atoms with Crippen LogP contribution in [0.4, 0.5) is 17.3 Å². The van der Waals surface area contributed by atoms with Gasteiger partial charge < -0.3 is 16.0 Å². The Balaban J connectivity index is 1.71. The molecule has 1 heterocycles. The molecular weight excluding hydrogens is 260 g/mol. The Hall–Kier alpha value is -2.49. The third-order valence-corrected chi connectivity index (χ3v) is 4.15. The van der Waals surface area contributed by atoms with Crippen molar-refractivity contribution in [2.24, 2.45) is 0 Å². The number of aromatic nitrogens is 2. The number of benzene rings is 2. The van der Waals surface area contributed by atoms with Crippen LogP contribution in [-0.4, -0.2) is 9.97 Å². The Morgan fingerprint density at radius 3 is 2.95 bits per heavy atom. The van der Waals surface area contributed by atoms with Crippen LogP contribution in [0.2, 0.25) is 0 Å². The van der Waals surface area contributed by atoms with E-state index < -0.39 is 0 Å². The van der Waals surface area contributed by atoms with E-state index in [4.69, 9.17) is 5.73 Å². The number of nitrogens with one attached hydrogen (secondary N) is 2. The van der Waals surface area contributed by atoms with Gasteiger partial charge in [-0.05, 0) is 61.1 Å². The minimum Gasteiger partial charge on any atom is -0.399 e. The van der Waals surface area contributed by atoms with Crippen molar-refractivity contribution < 1.29 is 0 Å². The van der Waals surface area contributed by atoms with Crippen molar-refractivity contribution in [1.29, 1.82) is 0 Å². The SMILES string of the molecule is Nc1ccc2nc(Nc3cccc4c3CCCC4)[nH]c2c1. The van der Waals surface area contributed by atoms with Crippen LogP contribution in [0.5, 0.6) is 0 Å². The fourth-order valence-electron chi connectivity index (χ4n) is 3.11. The summed E-state index contributed by atoms with van der Waals surface area (Å²) in [6, 6.07) is 12.2. The van der Waals surface area contributed by atoms with Crippen molar-refractivity contribution in [3.05, 3.63) is 47.5 Å². The van der Waals surface area contributed by atoms with E-state index in [9.17, 15) is 0 Å². The first-order valence-corrected chi connectivity index (χ1v) is 7.43. The lowest BCUT2D eigenvalue weighted by Gasteiger charge is -2.19. The molecule has 0 radical (unpaired) electrons. The van der Waals surface area contributed by atoms with Crippen LogP contribution in [0, 0.1) is 0 Å². The Morgan fingerprint density at radius 1 is 1.10 bits per heavy atom. The first kappa shape index (κ1) is 12.3. The van der Waals surface area contributed by atoms with Crippen molar-refractivity contribution in [3.8, 4) is 0 Å². The molecule has 2 aromatic carbocycles. The van der Waals surface area contributed by atoms with Crippen LogP contribution in [0.1, 0.15) is 24.0 Å². The van der Waals surface area contributed by atoms with Gasteiger partial charge in [0.05, 0.1) is 11.0 Å². The van der Waals surface area contributed by atoms with E-state index in [2.05, 4.69) is 33.5 Å². The highest BCUT2D eigenvalue weighted by atomic mass is 15.1. The van der Waals surface area contributed by atoms with Gasteiger partial charge in [-0.25, -0.2) is 4.98 Å². The number of aromatic amines is 1. The second-order valence-electron chi connectivity index (χ2n) is 5.64. The molecule has 0 aliphatic heterocycles. The standard InChI is InChI=1S/C17H18N4/c18-12-8-9-15-16(10-12)21-17(20-15)19-14-7-3-5-11-4-1-2-6-13(11)14/h3,5,7-10H,1-2,4,6,18H2,(H2,19,20,21). The minimum absolute atomic E-state index is 0.745. The second kappa shape index (κ2) is 4.81. The van der Waals surface area contributed by atoms with Crippen molar-refractivity contribution in [1.82, 2.24) is 9.97 Å². The number of H-pyrrole nitrogens is 1. The number of nitrogen functional groups attached to an aromatic ring is 1. The molecule has 1 aliphatic carbocycles. The molecule has 106 valence electrons. The number of imidazole rings is 1. The molecule has 4 N–H and O–H groups in total. The smallest absolute Gasteiger partial charge is 0.205 e. The highest BCUT2D eigenvalue weighted by molar-refractivity contribution is 5.81. The molecule has 0 unspecified atom stereocenters. The van der Waals surface area contributed by atoms with E-state index >= 15 is 0 Å². The third-order valence-electron chi connectivity index (χ3n) is 4.15. The molecule has 0 saturated heterocycles. The maximum atomic E-state index is 5.81. The number of hydrogen-bond acceptors (Lipinski definition) is 3. The Bertz CT molecular complexity index is 804. The fourth-order valence-corrected chi connectivity index (χ4v) is 3.11. The minimum atomic E-state index is 0.745. The van der Waals surface area contributed by atoms with Crippen LogP contribution in [0.3, 0.4) is 0 Å². The maximum Gasteiger partial charge on any atom is 0.205 e. The van der Waals surface area contributed by atoms with Crippen LogP contribution in [-0.2, 0) is 12.8 Å². The molecule has 4 rings (SSSR count). The largest absolute Gasteiger partial charge is 0.399 e. The predicted octanol–water partition coefficient (Wildman–Crippen LogP) is 3.77. The van der Waals surface area contributed by atoms with Gasteiger partial charge >= 0.3 is 0 Å². The number of fused-ring (bicyclic) bond motifs is 2. The van der Waals surface area contributed by atoms with Gasteiger partial charge in [-0.3, -0.25) is 0 Å². The molecule has 0 bridgehead atoms. The van der Waals surface area contributed by atoms with Gasteiger partial charge in [0, 0.05) is 11.4 Å².